The van der Waals surface area contributed by atoms with Crippen LogP contribution in [-0.4, -0.2) is 39.3 Å². The lowest BCUT2D eigenvalue weighted by Gasteiger charge is -2.30. The number of carbonyl (C=O) groups excluding carboxylic acids is 1. The van der Waals surface area contributed by atoms with Crippen LogP contribution in [0.4, 0.5) is 5.69 Å². The molecule has 0 aromatic heterocycles. The quantitative estimate of drug-likeness (QED) is 0.836. The van der Waals surface area contributed by atoms with Crippen LogP contribution in [0.2, 0.25) is 0 Å². The van der Waals surface area contributed by atoms with Gasteiger partial charge in [0.15, 0.2) is 0 Å². The van der Waals surface area contributed by atoms with Gasteiger partial charge in [-0.15, -0.1) is 0 Å². The normalized spacial score (nSPS) is 15.7. The van der Waals surface area contributed by atoms with Crippen molar-refractivity contribution in [2.24, 2.45) is 5.73 Å². The third kappa shape index (κ3) is 2.50. The van der Waals surface area contributed by atoms with Crippen molar-refractivity contribution < 1.29 is 14.3 Å². The molecule has 1 amide bonds. The number of amides is 1. The van der Waals surface area contributed by atoms with Crippen molar-refractivity contribution in [2.45, 2.75) is 0 Å². The van der Waals surface area contributed by atoms with Crippen LogP contribution < -0.4 is 15.4 Å². The Labute approximate surface area is 100 Å². The number of primary amides is 1. The number of anilines is 1. The molecule has 0 saturated carbocycles. The van der Waals surface area contributed by atoms with Gasteiger partial charge in [0.25, 0.3) is 0 Å². The summed E-state index contributed by atoms with van der Waals surface area (Å²) in [6.07, 6.45) is 0. The van der Waals surface area contributed by atoms with Crippen LogP contribution in [0.1, 0.15) is 10.4 Å². The van der Waals surface area contributed by atoms with Crippen LogP contribution in [0.25, 0.3) is 0 Å². The summed E-state index contributed by atoms with van der Waals surface area (Å²) in [7, 11) is 1.59. The van der Waals surface area contributed by atoms with Gasteiger partial charge in [-0.3, -0.25) is 4.79 Å². The van der Waals surface area contributed by atoms with E-state index in [1.807, 2.05) is 6.07 Å². The van der Waals surface area contributed by atoms with Crippen LogP contribution in [0.5, 0.6) is 5.75 Å². The van der Waals surface area contributed by atoms with E-state index >= 15 is 0 Å². The van der Waals surface area contributed by atoms with Gasteiger partial charge >= 0.3 is 0 Å². The molecule has 5 heteroatoms. The number of hydrogen-bond acceptors (Lipinski definition) is 4. The minimum atomic E-state index is -0.447. The highest BCUT2D eigenvalue weighted by atomic mass is 16.5. The van der Waals surface area contributed by atoms with Gasteiger partial charge in [-0.25, -0.2) is 0 Å². The van der Waals surface area contributed by atoms with Crippen molar-refractivity contribution in [3.05, 3.63) is 23.8 Å². The van der Waals surface area contributed by atoms with Crippen LogP contribution in [0.15, 0.2) is 18.2 Å². The Kier molecular flexibility index (Phi) is 3.49. The fourth-order valence-corrected chi connectivity index (χ4v) is 1.90. The highest BCUT2D eigenvalue weighted by molar-refractivity contribution is 5.94. The smallest absolute Gasteiger partial charge is 0.248 e. The van der Waals surface area contributed by atoms with E-state index in [-0.39, 0.29) is 0 Å². The van der Waals surface area contributed by atoms with Crippen molar-refractivity contribution >= 4 is 11.6 Å². The molecule has 2 rings (SSSR count). The van der Waals surface area contributed by atoms with Gasteiger partial charge in [0, 0.05) is 18.7 Å². The maximum Gasteiger partial charge on any atom is 0.248 e. The fourth-order valence-electron chi connectivity index (χ4n) is 1.90. The van der Waals surface area contributed by atoms with E-state index in [0.29, 0.717) is 24.5 Å². The number of ether oxygens (including phenoxy) is 2. The lowest BCUT2D eigenvalue weighted by Crippen LogP contribution is -2.36. The maximum absolute atomic E-state index is 11.1. The Balaban J connectivity index is 2.29. The lowest BCUT2D eigenvalue weighted by atomic mass is 10.1. The average Bonchev–Trinajstić information content (AvgIpc) is 2.39. The zero-order valence-electron chi connectivity index (χ0n) is 9.81. The third-order valence-corrected chi connectivity index (χ3v) is 2.82. The largest absolute Gasteiger partial charge is 0.495 e. The molecule has 0 aliphatic carbocycles. The number of nitrogens with two attached hydrogens (primary N) is 1. The van der Waals surface area contributed by atoms with Gasteiger partial charge in [-0.2, -0.15) is 0 Å². The van der Waals surface area contributed by atoms with Crippen LogP contribution >= 0.6 is 0 Å². The molecule has 5 nitrogen and oxygen atoms in total. The first-order valence-electron chi connectivity index (χ1n) is 5.53. The Morgan fingerprint density at radius 2 is 2.12 bits per heavy atom. The molecule has 1 aliphatic rings. The Hall–Kier alpha value is -1.75. The molecule has 0 spiro atoms. The van der Waals surface area contributed by atoms with E-state index in [1.54, 1.807) is 19.2 Å². The Morgan fingerprint density at radius 1 is 1.41 bits per heavy atom. The molecule has 17 heavy (non-hydrogen) atoms. The van der Waals surface area contributed by atoms with Crippen molar-refractivity contribution in [3.63, 3.8) is 0 Å². The monoisotopic (exact) mass is 236 g/mol. The number of benzene rings is 1. The number of nitrogens with zero attached hydrogens (tertiary/aromatic N) is 1. The number of morpholine rings is 1. The van der Waals surface area contributed by atoms with E-state index in [0.717, 1.165) is 18.8 Å². The molecule has 0 bridgehead atoms. The number of rotatable bonds is 3. The van der Waals surface area contributed by atoms with Crippen LogP contribution in [0, 0.1) is 0 Å². The summed E-state index contributed by atoms with van der Waals surface area (Å²) in [4.78, 5) is 13.3. The minimum Gasteiger partial charge on any atom is -0.495 e. The first-order chi connectivity index (χ1) is 8.22. The number of methoxy groups -OCH3 is 1. The summed E-state index contributed by atoms with van der Waals surface area (Å²) in [5.74, 6) is 0.222. The molecule has 1 saturated heterocycles. The second kappa shape index (κ2) is 5.05. The van der Waals surface area contributed by atoms with Crippen LogP contribution in [-0.2, 0) is 4.74 Å². The molecular formula is C12H16N2O3. The summed E-state index contributed by atoms with van der Waals surface area (Å²) in [5.41, 5.74) is 6.67. The van der Waals surface area contributed by atoms with E-state index in [1.165, 1.54) is 0 Å². The SMILES string of the molecule is COc1cc(C(N)=O)ccc1N1CCOCC1. The second-order valence-electron chi connectivity index (χ2n) is 3.85. The molecule has 1 aromatic carbocycles. The highest BCUT2D eigenvalue weighted by Crippen LogP contribution is 2.29. The standard InChI is InChI=1S/C12H16N2O3/c1-16-11-8-9(12(13)15)2-3-10(11)14-4-6-17-7-5-14/h2-3,8H,4-7H2,1H3,(H2,13,15). The molecule has 1 aliphatic heterocycles. The topological polar surface area (TPSA) is 64.8 Å². The average molecular weight is 236 g/mol. The summed E-state index contributed by atoms with van der Waals surface area (Å²) >= 11 is 0. The number of hydrogen-bond donors (Lipinski definition) is 1. The van der Waals surface area contributed by atoms with Gasteiger partial charge in [-0.05, 0) is 18.2 Å². The van der Waals surface area contributed by atoms with Gasteiger partial charge in [0.2, 0.25) is 5.91 Å². The molecule has 1 heterocycles. The Bertz CT molecular complexity index is 414. The Morgan fingerprint density at radius 3 is 2.71 bits per heavy atom. The van der Waals surface area contributed by atoms with Crippen molar-refractivity contribution in [1.82, 2.24) is 0 Å². The molecule has 1 aromatic rings. The predicted molar refractivity (Wildman–Crippen MR) is 64.5 cm³/mol. The van der Waals surface area contributed by atoms with Crippen LogP contribution in [0.3, 0.4) is 0 Å². The summed E-state index contributed by atoms with van der Waals surface area (Å²) in [6.45, 7) is 3.07. The zero-order valence-corrected chi connectivity index (χ0v) is 9.81. The predicted octanol–water partition coefficient (Wildman–Crippen LogP) is 0.631. The summed E-state index contributed by atoms with van der Waals surface area (Å²) in [6, 6.07) is 5.26. The van der Waals surface area contributed by atoms with Gasteiger partial charge in [-0.1, -0.05) is 0 Å². The van der Waals surface area contributed by atoms with E-state index in [2.05, 4.69) is 4.90 Å². The first kappa shape index (κ1) is 11.7. The lowest BCUT2D eigenvalue weighted by molar-refractivity contribution is 0.1000. The summed E-state index contributed by atoms with van der Waals surface area (Å²) < 4.78 is 10.6. The third-order valence-electron chi connectivity index (χ3n) is 2.82. The van der Waals surface area contributed by atoms with E-state index in [9.17, 15) is 4.79 Å². The molecule has 92 valence electrons. The van der Waals surface area contributed by atoms with E-state index < -0.39 is 5.91 Å². The van der Waals surface area contributed by atoms with Gasteiger partial charge in [0.1, 0.15) is 5.75 Å². The van der Waals surface area contributed by atoms with Crippen molar-refractivity contribution in [1.29, 1.82) is 0 Å². The van der Waals surface area contributed by atoms with Gasteiger partial charge in [0.05, 0.1) is 26.0 Å². The molecular weight excluding hydrogens is 220 g/mol. The molecule has 0 atom stereocenters. The molecule has 1 fully saturated rings. The zero-order chi connectivity index (χ0) is 12.3. The highest BCUT2D eigenvalue weighted by Gasteiger charge is 2.16. The van der Waals surface area contributed by atoms with Crippen molar-refractivity contribution in [2.75, 3.05) is 38.3 Å². The molecule has 0 unspecified atom stereocenters. The first-order valence-corrected chi connectivity index (χ1v) is 5.53. The minimum absolute atomic E-state index is 0.447. The van der Waals surface area contributed by atoms with E-state index in [4.69, 9.17) is 15.2 Å². The molecule has 0 radical (unpaired) electrons. The second-order valence-corrected chi connectivity index (χ2v) is 3.85. The molecule has 2 N–H and O–H groups in total. The van der Waals surface area contributed by atoms with Gasteiger partial charge < -0.3 is 20.1 Å². The maximum atomic E-state index is 11.1. The number of carbonyl (C=O) groups is 1. The van der Waals surface area contributed by atoms with Crippen molar-refractivity contribution in [3.8, 4) is 5.75 Å². The fraction of sp³-hybridized carbons (Fsp3) is 0.417. The summed E-state index contributed by atoms with van der Waals surface area (Å²) in [5, 5.41) is 0.